The van der Waals surface area contributed by atoms with Crippen molar-refractivity contribution in [1.82, 2.24) is 58.6 Å². The third-order valence-electron chi connectivity index (χ3n) is 25.5. The van der Waals surface area contributed by atoms with Crippen LogP contribution in [-0.4, -0.2) is 58.6 Å². The van der Waals surface area contributed by atoms with Crippen LogP contribution < -0.4 is 0 Å². The van der Waals surface area contributed by atoms with Gasteiger partial charge in [-0.3, -0.25) is 0 Å². The fourth-order valence-electron chi connectivity index (χ4n) is 19.2. The smallest absolute Gasteiger partial charge is 0.165 e. The minimum absolute atomic E-state index is 0.442. The Balaban J connectivity index is 0.000000110. The molecule has 0 N–H and O–H groups in total. The quantitative estimate of drug-likeness (QED) is 0.110. The van der Waals surface area contributed by atoms with Crippen molar-refractivity contribution in [1.29, 1.82) is 15.8 Å². The molecule has 9 heterocycles. The Morgan fingerprint density at radius 1 is 0.188 bits per heavy atom. The van der Waals surface area contributed by atoms with Crippen LogP contribution in [0.25, 0.3) is 251 Å². The highest BCUT2D eigenvalue weighted by Gasteiger charge is 2.27. The number of hydrogen-bond donors (Lipinski definition) is 0. The summed E-state index contributed by atoms with van der Waals surface area (Å²) in [5.41, 5.74) is 22.3. The summed E-state index contributed by atoms with van der Waals surface area (Å²) in [6.07, 6.45) is 0. The molecule has 0 radical (unpaired) electrons. The van der Waals surface area contributed by atoms with E-state index in [0.29, 0.717) is 85.8 Å². The van der Waals surface area contributed by atoms with Crippen LogP contribution in [-0.2, 0) is 0 Å². The average Bonchev–Trinajstić information content (AvgIpc) is 1.56. The fourth-order valence-corrected chi connectivity index (χ4v) is 19.2. The molecule has 9 aromatic heterocycles. The maximum Gasteiger partial charge on any atom is 0.165 e. The molecule has 18 nitrogen and oxygen atoms in total. The van der Waals surface area contributed by atoms with E-state index in [1.807, 2.05) is 322 Å². The van der Waals surface area contributed by atoms with Crippen molar-refractivity contribution < 1.29 is 13.3 Å². The van der Waals surface area contributed by atoms with Crippen molar-refractivity contribution in [3.8, 4) is 138 Å². The van der Waals surface area contributed by atoms with Gasteiger partial charge in [-0.25, -0.2) is 44.9 Å². The van der Waals surface area contributed by atoms with E-state index in [1.54, 1.807) is 0 Å². The van der Waals surface area contributed by atoms with Crippen molar-refractivity contribution in [3.05, 3.63) is 435 Å². The van der Waals surface area contributed by atoms with Crippen molar-refractivity contribution in [2.75, 3.05) is 0 Å². The van der Waals surface area contributed by atoms with Gasteiger partial charge in [0.15, 0.2) is 58.0 Å². The molecular formula is C120H69N15O3. The zero-order valence-electron chi connectivity index (χ0n) is 73.3. The summed E-state index contributed by atoms with van der Waals surface area (Å²) in [5, 5.41) is 44.6. The van der Waals surface area contributed by atoms with Gasteiger partial charge in [0.2, 0.25) is 0 Å². The van der Waals surface area contributed by atoms with Crippen molar-refractivity contribution in [2.45, 2.75) is 0 Å². The first-order valence-corrected chi connectivity index (χ1v) is 45.1. The number of fused-ring (bicyclic) bond motifs is 20. The molecule has 0 atom stereocenters. The lowest BCUT2D eigenvalue weighted by Crippen LogP contribution is -2.02. The van der Waals surface area contributed by atoms with E-state index < -0.39 is 0 Å². The summed E-state index contributed by atoms with van der Waals surface area (Å²) in [6.45, 7) is 0. The molecule has 18 aromatic carbocycles. The van der Waals surface area contributed by atoms with E-state index >= 15 is 0 Å². The van der Waals surface area contributed by atoms with Crippen LogP contribution in [0.1, 0.15) is 16.7 Å². The van der Waals surface area contributed by atoms with Crippen molar-refractivity contribution in [2.24, 2.45) is 0 Å². The lowest BCUT2D eigenvalue weighted by molar-refractivity contribution is 0.669. The molecule has 0 saturated carbocycles. The van der Waals surface area contributed by atoms with Crippen LogP contribution in [0.15, 0.2) is 432 Å². The predicted octanol–water partition coefficient (Wildman–Crippen LogP) is 29.2. The van der Waals surface area contributed by atoms with Gasteiger partial charge in [-0.15, -0.1) is 0 Å². The lowest BCUT2D eigenvalue weighted by Gasteiger charge is -2.12. The minimum Gasteiger partial charge on any atom is -0.456 e. The second-order valence-corrected chi connectivity index (χ2v) is 33.5. The molecule has 27 aromatic rings. The molecular weight excluding hydrogens is 1700 g/mol. The molecule has 0 unspecified atom stereocenters. The largest absolute Gasteiger partial charge is 0.456 e. The Bertz CT molecular complexity index is 9520. The van der Waals surface area contributed by atoms with Gasteiger partial charge >= 0.3 is 0 Å². The van der Waals surface area contributed by atoms with Crippen LogP contribution in [0.4, 0.5) is 0 Å². The lowest BCUT2D eigenvalue weighted by atomic mass is 10.1. The van der Waals surface area contributed by atoms with E-state index in [1.165, 1.54) is 0 Å². The molecule has 27 rings (SSSR count). The standard InChI is InChI=1S/3C40H23N5O/c41-24-27-21-28(19-20-29(27)40-43-38(25-11-3-1-4-12-25)42-39(44-40)26-13-5-2-6-14-26)45-34-17-9-7-15-30(34)32-22-33-31-16-8-10-18-36(31)46-37(33)23-35(32)45;41-24-27-23-28(19-20-29(27)40-43-38(25-11-3-1-4-12-25)42-39(44-40)26-13-5-2-6-14-26)45-33-17-9-7-15-30(33)31-21-22-35-36(37(31)45)32-16-8-10-18-34(32)46-35;41-24-27-23-28(19-20-29(27)40-43-38(25-11-3-1-4-12-25)42-39(44-40)26-13-5-2-6-14-26)45-34-17-9-7-15-30(34)32-21-22-33-31-16-8-10-18-35(31)46-37(33)36(32)45/h3*1-23H. The van der Waals surface area contributed by atoms with Crippen molar-refractivity contribution >= 4 is 131 Å². The van der Waals surface area contributed by atoms with Gasteiger partial charge in [-0.05, 0) is 115 Å². The number of furan rings is 3. The van der Waals surface area contributed by atoms with Gasteiger partial charge in [0, 0.05) is 132 Å². The molecule has 642 valence electrons. The molecule has 138 heavy (non-hydrogen) atoms. The zero-order chi connectivity index (χ0) is 91.8. The normalized spacial score (nSPS) is 11.5. The highest BCUT2D eigenvalue weighted by Crippen LogP contribution is 2.46. The molecule has 0 aliphatic carbocycles. The first kappa shape index (κ1) is 80.3. The molecule has 0 bridgehead atoms. The third kappa shape index (κ3) is 13.9. The van der Waals surface area contributed by atoms with Crippen LogP contribution in [0, 0.1) is 34.0 Å². The summed E-state index contributed by atoms with van der Waals surface area (Å²) >= 11 is 0. The second-order valence-electron chi connectivity index (χ2n) is 33.5. The van der Waals surface area contributed by atoms with Gasteiger partial charge < -0.3 is 27.0 Å². The fraction of sp³-hybridized carbons (Fsp3) is 0. The summed E-state index contributed by atoms with van der Waals surface area (Å²) in [5.74, 6) is 4.63. The number of nitrogens with zero attached hydrogens (tertiary/aromatic N) is 15. The van der Waals surface area contributed by atoms with Crippen LogP contribution in [0.2, 0.25) is 0 Å². The first-order valence-electron chi connectivity index (χ1n) is 45.1. The summed E-state index contributed by atoms with van der Waals surface area (Å²) in [6, 6.07) is 146. The summed E-state index contributed by atoms with van der Waals surface area (Å²) in [7, 11) is 0. The second kappa shape index (κ2) is 33.6. The topological polar surface area (TPSA) is 242 Å². The number of hydrogen-bond acceptors (Lipinski definition) is 15. The SMILES string of the molecule is N#Cc1cc(-n2c3ccccc3c3cc4c(cc32)oc2ccccc24)ccc1-c1nc(-c2ccccc2)nc(-c2ccccc2)n1.N#Cc1cc(-n2c3ccccc3c3ccc4c5ccccc5oc4c32)ccc1-c1nc(-c2ccccc2)nc(-c2ccccc2)n1.N#Cc1cc(-n2c3ccccc3c3ccc4oc5ccccc5c4c32)ccc1-c1nc(-c2ccccc2)nc(-c2ccccc2)n1. The van der Waals surface area contributed by atoms with E-state index in [-0.39, 0.29) is 0 Å². The Hall–Kier alpha value is -19.7. The number of aromatic nitrogens is 12. The highest BCUT2D eigenvalue weighted by molar-refractivity contribution is 6.25. The number of rotatable bonds is 12. The van der Waals surface area contributed by atoms with Gasteiger partial charge in [-0.1, -0.05) is 297 Å². The molecule has 0 saturated heterocycles. The maximum atomic E-state index is 10.5. The molecule has 0 aliphatic rings. The van der Waals surface area contributed by atoms with Gasteiger partial charge in [-0.2, -0.15) is 15.8 Å². The average molecular weight is 1770 g/mol. The zero-order valence-corrected chi connectivity index (χ0v) is 73.3. The Morgan fingerprint density at radius 3 is 0.899 bits per heavy atom. The van der Waals surface area contributed by atoms with Gasteiger partial charge in [0.05, 0.1) is 73.4 Å². The Morgan fingerprint density at radius 2 is 0.486 bits per heavy atom. The Kier molecular flexibility index (Phi) is 19.5. The van der Waals surface area contributed by atoms with E-state index in [0.717, 1.165) is 182 Å². The van der Waals surface area contributed by atoms with Crippen LogP contribution in [0.5, 0.6) is 0 Å². The van der Waals surface area contributed by atoms with Crippen LogP contribution >= 0.6 is 0 Å². The van der Waals surface area contributed by atoms with E-state index in [4.69, 9.17) is 58.1 Å². The number of para-hydroxylation sites is 6. The third-order valence-corrected chi connectivity index (χ3v) is 25.5. The molecule has 0 spiro atoms. The maximum absolute atomic E-state index is 10.5. The Labute approximate surface area is 786 Å². The van der Waals surface area contributed by atoms with E-state index in [2.05, 4.69) is 129 Å². The minimum atomic E-state index is 0.442. The number of benzene rings is 18. The summed E-state index contributed by atoms with van der Waals surface area (Å²) in [4.78, 5) is 43.6. The van der Waals surface area contributed by atoms with Crippen LogP contribution in [0.3, 0.4) is 0 Å². The van der Waals surface area contributed by atoms with E-state index in [9.17, 15) is 15.8 Å². The molecule has 0 fully saturated rings. The van der Waals surface area contributed by atoms with Gasteiger partial charge in [0.1, 0.15) is 27.9 Å². The first-order chi connectivity index (χ1) is 68.3. The molecule has 18 heteroatoms. The summed E-state index contributed by atoms with van der Waals surface area (Å²) < 4.78 is 25.7. The number of nitriles is 3. The monoisotopic (exact) mass is 1770 g/mol. The van der Waals surface area contributed by atoms with Crippen molar-refractivity contribution in [3.63, 3.8) is 0 Å². The molecule has 0 amide bonds. The predicted molar refractivity (Wildman–Crippen MR) is 547 cm³/mol. The van der Waals surface area contributed by atoms with Gasteiger partial charge in [0.25, 0.3) is 0 Å². The highest BCUT2D eigenvalue weighted by atomic mass is 16.3. The molecule has 0 aliphatic heterocycles.